The van der Waals surface area contributed by atoms with Crippen LogP contribution >= 0.6 is 0 Å². The highest BCUT2D eigenvalue weighted by atomic mass is 16.5. The van der Waals surface area contributed by atoms with E-state index in [4.69, 9.17) is 4.74 Å². The Bertz CT molecular complexity index is 755. The van der Waals surface area contributed by atoms with Crippen LogP contribution < -0.4 is 0 Å². The summed E-state index contributed by atoms with van der Waals surface area (Å²) >= 11 is 0. The van der Waals surface area contributed by atoms with Crippen molar-refractivity contribution in [3.63, 3.8) is 0 Å². The SMILES string of the molecule is COC(=O)C1(C(C)C)CCC(N2CC[C@@]3(C=Cc4ccccc43)[C@@H](C)C2)C1. The van der Waals surface area contributed by atoms with E-state index in [2.05, 4.69) is 62.1 Å². The topological polar surface area (TPSA) is 29.5 Å². The van der Waals surface area contributed by atoms with Gasteiger partial charge < -0.3 is 4.74 Å². The summed E-state index contributed by atoms with van der Waals surface area (Å²) in [5, 5.41) is 0. The average Bonchev–Trinajstić information content (AvgIpc) is 3.28. The molecule has 1 spiro atoms. The second-order valence-corrected chi connectivity index (χ2v) is 9.31. The fraction of sp³-hybridized carbons (Fsp3) is 0.625. The van der Waals surface area contributed by atoms with E-state index in [-0.39, 0.29) is 16.8 Å². The van der Waals surface area contributed by atoms with Crippen molar-refractivity contribution < 1.29 is 9.53 Å². The number of methoxy groups -OCH3 is 1. The monoisotopic (exact) mass is 367 g/mol. The minimum absolute atomic E-state index is 0.00539. The summed E-state index contributed by atoms with van der Waals surface area (Å²) in [7, 11) is 1.54. The molecular formula is C24H33NO2. The number of hydrogen-bond donors (Lipinski definition) is 0. The molecule has 0 bridgehead atoms. The zero-order valence-electron chi connectivity index (χ0n) is 17.2. The summed E-state index contributed by atoms with van der Waals surface area (Å²) in [6, 6.07) is 9.38. The third-order valence-electron chi connectivity index (χ3n) is 7.96. The zero-order valence-corrected chi connectivity index (χ0v) is 17.2. The van der Waals surface area contributed by atoms with E-state index in [1.807, 2.05) is 0 Å². The molecule has 146 valence electrons. The lowest BCUT2D eigenvalue weighted by Gasteiger charge is -2.47. The molecule has 1 heterocycles. The predicted molar refractivity (Wildman–Crippen MR) is 109 cm³/mol. The van der Waals surface area contributed by atoms with Crippen LogP contribution in [-0.4, -0.2) is 37.1 Å². The molecule has 2 unspecified atom stereocenters. The van der Waals surface area contributed by atoms with Crippen LogP contribution in [-0.2, 0) is 14.9 Å². The van der Waals surface area contributed by atoms with Crippen LogP contribution in [0.5, 0.6) is 0 Å². The fourth-order valence-electron chi connectivity index (χ4n) is 6.06. The second-order valence-electron chi connectivity index (χ2n) is 9.31. The summed E-state index contributed by atoms with van der Waals surface area (Å²) in [4.78, 5) is 15.2. The summed E-state index contributed by atoms with van der Waals surface area (Å²) in [6.07, 6.45) is 8.97. The molecule has 27 heavy (non-hydrogen) atoms. The van der Waals surface area contributed by atoms with Gasteiger partial charge in [-0.2, -0.15) is 0 Å². The Kier molecular flexibility index (Phi) is 4.70. The van der Waals surface area contributed by atoms with Crippen molar-refractivity contribution in [2.45, 2.75) is 57.9 Å². The minimum Gasteiger partial charge on any atom is -0.469 e. The number of likely N-dealkylation sites (tertiary alicyclic amines) is 1. The largest absolute Gasteiger partial charge is 0.469 e. The Morgan fingerprint density at radius 3 is 2.74 bits per heavy atom. The van der Waals surface area contributed by atoms with Gasteiger partial charge in [0, 0.05) is 18.0 Å². The number of nitrogens with zero attached hydrogens (tertiary/aromatic N) is 1. The van der Waals surface area contributed by atoms with Crippen molar-refractivity contribution in [1.82, 2.24) is 4.90 Å². The van der Waals surface area contributed by atoms with Gasteiger partial charge in [0.25, 0.3) is 0 Å². The van der Waals surface area contributed by atoms with Gasteiger partial charge in [0.1, 0.15) is 0 Å². The molecule has 2 aliphatic carbocycles. The van der Waals surface area contributed by atoms with Crippen LogP contribution in [0.15, 0.2) is 30.3 Å². The molecule has 0 N–H and O–H groups in total. The van der Waals surface area contributed by atoms with Gasteiger partial charge >= 0.3 is 5.97 Å². The van der Waals surface area contributed by atoms with Crippen molar-refractivity contribution >= 4 is 12.0 Å². The quantitative estimate of drug-likeness (QED) is 0.728. The summed E-state index contributed by atoms with van der Waals surface area (Å²) in [5.41, 5.74) is 2.80. The molecule has 0 amide bonds. The summed E-state index contributed by atoms with van der Waals surface area (Å²) in [5.74, 6) is 0.903. The number of allylic oxidation sites excluding steroid dienone is 1. The summed E-state index contributed by atoms with van der Waals surface area (Å²) in [6.45, 7) is 8.98. The number of hydrogen-bond acceptors (Lipinski definition) is 3. The lowest BCUT2D eigenvalue weighted by atomic mass is 9.67. The molecule has 0 aromatic heterocycles. The van der Waals surface area contributed by atoms with Crippen LogP contribution in [0.4, 0.5) is 0 Å². The Labute approximate surface area is 163 Å². The molecule has 3 heteroatoms. The fourth-order valence-corrected chi connectivity index (χ4v) is 6.06. The highest BCUT2D eigenvalue weighted by molar-refractivity contribution is 5.77. The maximum absolute atomic E-state index is 12.6. The first-order valence-electron chi connectivity index (χ1n) is 10.5. The first-order chi connectivity index (χ1) is 12.9. The molecule has 3 aliphatic rings. The molecule has 1 saturated carbocycles. The third-order valence-corrected chi connectivity index (χ3v) is 7.96. The normalized spacial score (nSPS) is 35.7. The zero-order chi connectivity index (χ0) is 19.2. The van der Waals surface area contributed by atoms with Gasteiger partial charge in [-0.3, -0.25) is 9.69 Å². The lowest BCUT2D eigenvalue weighted by molar-refractivity contribution is -0.155. The average molecular weight is 368 g/mol. The molecule has 4 rings (SSSR count). The van der Waals surface area contributed by atoms with Crippen LogP contribution in [0, 0.1) is 17.3 Å². The van der Waals surface area contributed by atoms with Crippen molar-refractivity contribution in [3.8, 4) is 0 Å². The number of rotatable bonds is 3. The maximum Gasteiger partial charge on any atom is 0.312 e. The van der Waals surface area contributed by atoms with E-state index in [1.54, 1.807) is 0 Å². The third kappa shape index (κ3) is 2.77. The van der Waals surface area contributed by atoms with E-state index in [1.165, 1.54) is 24.7 Å². The number of piperidine rings is 1. The van der Waals surface area contributed by atoms with Gasteiger partial charge in [0.15, 0.2) is 0 Å². The summed E-state index contributed by atoms with van der Waals surface area (Å²) < 4.78 is 5.20. The molecule has 4 atom stereocenters. The highest BCUT2D eigenvalue weighted by Gasteiger charge is 2.51. The van der Waals surface area contributed by atoms with E-state index < -0.39 is 0 Å². The molecule has 1 saturated heterocycles. The molecule has 1 aromatic rings. The van der Waals surface area contributed by atoms with E-state index in [0.717, 1.165) is 32.4 Å². The van der Waals surface area contributed by atoms with Gasteiger partial charge in [-0.1, -0.05) is 57.2 Å². The maximum atomic E-state index is 12.6. The van der Waals surface area contributed by atoms with Gasteiger partial charge in [-0.15, -0.1) is 0 Å². The van der Waals surface area contributed by atoms with E-state index in [0.29, 0.717) is 17.9 Å². The standard InChI is InChI=1S/C24H33NO2/c1-17(2)24(22(26)27-4)12-10-20(15-24)25-14-13-23(18(3)16-25)11-9-19-7-5-6-8-21(19)23/h5-9,11,17-18,20H,10,12-16H2,1-4H3/t18-,20?,23-,24?/m0/s1. The number of esters is 1. The highest BCUT2D eigenvalue weighted by Crippen LogP contribution is 2.51. The van der Waals surface area contributed by atoms with Gasteiger partial charge in [-0.05, 0) is 55.2 Å². The van der Waals surface area contributed by atoms with Crippen molar-refractivity contribution in [2.24, 2.45) is 17.3 Å². The van der Waals surface area contributed by atoms with Crippen molar-refractivity contribution in [3.05, 3.63) is 41.5 Å². The van der Waals surface area contributed by atoms with Crippen LogP contribution in [0.2, 0.25) is 0 Å². The lowest BCUT2D eigenvalue weighted by Crippen LogP contribution is -2.51. The Morgan fingerprint density at radius 1 is 1.26 bits per heavy atom. The Hall–Kier alpha value is -1.61. The molecular weight excluding hydrogens is 334 g/mol. The minimum atomic E-state index is -0.294. The first kappa shape index (κ1) is 18.7. The first-order valence-corrected chi connectivity index (χ1v) is 10.5. The smallest absolute Gasteiger partial charge is 0.312 e. The molecule has 2 fully saturated rings. The Balaban J connectivity index is 1.50. The molecule has 0 radical (unpaired) electrons. The molecule has 3 nitrogen and oxygen atoms in total. The Morgan fingerprint density at radius 2 is 2.04 bits per heavy atom. The number of fused-ring (bicyclic) bond motifs is 2. The number of carbonyl (C=O) groups excluding carboxylic acids is 1. The van der Waals surface area contributed by atoms with Crippen molar-refractivity contribution in [2.75, 3.05) is 20.2 Å². The van der Waals surface area contributed by atoms with Crippen molar-refractivity contribution in [1.29, 1.82) is 0 Å². The van der Waals surface area contributed by atoms with E-state index in [9.17, 15) is 4.79 Å². The predicted octanol–water partition coefficient (Wildman–Crippen LogP) is 4.66. The number of carbonyl (C=O) groups is 1. The van der Waals surface area contributed by atoms with Crippen LogP contribution in [0.3, 0.4) is 0 Å². The van der Waals surface area contributed by atoms with Gasteiger partial charge in [0.05, 0.1) is 12.5 Å². The van der Waals surface area contributed by atoms with Gasteiger partial charge in [0.2, 0.25) is 0 Å². The number of benzene rings is 1. The van der Waals surface area contributed by atoms with Crippen LogP contribution in [0.25, 0.3) is 6.08 Å². The molecule has 1 aliphatic heterocycles. The van der Waals surface area contributed by atoms with E-state index >= 15 is 0 Å². The molecule has 1 aromatic carbocycles. The van der Waals surface area contributed by atoms with Gasteiger partial charge in [-0.25, -0.2) is 0 Å². The number of ether oxygens (including phenoxy) is 1. The van der Waals surface area contributed by atoms with Crippen LogP contribution in [0.1, 0.15) is 57.6 Å². The second kappa shape index (κ2) is 6.77.